The molecule has 3 aromatic carbocycles. The van der Waals surface area contributed by atoms with Crippen LogP contribution in [0.5, 0.6) is 23.0 Å². The molecule has 2 N–H and O–H groups in total. The molecule has 8 nitrogen and oxygen atoms in total. The van der Waals surface area contributed by atoms with Gasteiger partial charge in [0.15, 0.2) is 23.0 Å². The normalized spacial score (nSPS) is 14.5. The fourth-order valence-electron chi connectivity index (χ4n) is 3.66. The quantitative estimate of drug-likeness (QED) is 0.547. The Kier molecular flexibility index (Phi) is 6.03. The molecule has 34 heavy (non-hydrogen) atoms. The van der Waals surface area contributed by atoms with Crippen LogP contribution in [0, 0.1) is 0 Å². The molecule has 172 valence electrons. The lowest BCUT2D eigenvalue weighted by Crippen LogP contribution is -2.36. The van der Waals surface area contributed by atoms with Crippen LogP contribution in [0.4, 0.5) is 5.69 Å². The molecule has 0 unspecified atom stereocenters. The Morgan fingerprint density at radius 2 is 1.50 bits per heavy atom. The van der Waals surface area contributed by atoms with Crippen molar-refractivity contribution < 1.29 is 28.5 Å². The molecule has 2 heterocycles. The molecule has 0 radical (unpaired) electrons. The highest BCUT2D eigenvalue weighted by atomic mass is 16.7. The molecular weight excluding hydrogens is 436 g/mol. The highest BCUT2D eigenvalue weighted by Crippen LogP contribution is 2.34. The molecular formula is C26H22N2O6. The van der Waals surface area contributed by atoms with Gasteiger partial charge in [-0.2, -0.15) is 0 Å². The summed E-state index contributed by atoms with van der Waals surface area (Å²) < 4.78 is 21.8. The second kappa shape index (κ2) is 9.58. The molecule has 0 saturated carbocycles. The van der Waals surface area contributed by atoms with Crippen molar-refractivity contribution in [3.63, 3.8) is 0 Å². The van der Waals surface area contributed by atoms with Gasteiger partial charge in [-0.1, -0.05) is 36.4 Å². The molecule has 8 heteroatoms. The summed E-state index contributed by atoms with van der Waals surface area (Å²) in [5.41, 5.74) is 1.97. The maximum absolute atomic E-state index is 13.2. The van der Waals surface area contributed by atoms with Crippen molar-refractivity contribution in [2.45, 2.75) is 6.04 Å². The van der Waals surface area contributed by atoms with Gasteiger partial charge in [0.1, 0.15) is 19.3 Å². The predicted octanol–water partition coefficient (Wildman–Crippen LogP) is 3.70. The fraction of sp³-hybridized carbons (Fsp3) is 0.154. The second-order valence-corrected chi connectivity index (χ2v) is 7.65. The van der Waals surface area contributed by atoms with Crippen LogP contribution in [0.1, 0.15) is 17.2 Å². The Labute approximate surface area is 196 Å². The summed E-state index contributed by atoms with van der Waals surface area (Å²) in [7, 11) is 0. The Morgan fingerprint density at radius 1 is 0.794 bits per heavy atom. The molecule has 2 amide bonds. The molecule has 2 aliphatic heterocycles. The van der Waals surface area contributed by atoms with Crippen LogP contribution in [0.25, 0.3) is 6.08 Å². The topological polar surface area (TPSA) is 95.1 Å². The fourth-order valence-corrected chi connectivity index (χ4v) is 3.66. The molecule has 0 aliphatic carbocycles. The van der Waals surface area contributed by atoms with E-state index in [9.17, 15) is 9.59 Å². The highest BCUT2D eigenvalue weighted by molar-refractivity contribution is 6.00. The molecule has 0 spiro atoms. The summed E-state index contributed by atoms with van der Waals surface area (Å²) in [6.07, 6.45) is 3.03. The zero-order valence-corrected chi connectivity index (χ0v) is 18.2. The average Bonchev–Trinajstić information content (AvgIpc) is 3.34. The first kappa shape index (κ1) is 21.4. The van der Waals surface area contributed by atoms with Crippen molar-refractivity contribution in [2.24, 2.45) is 0 Å². The number of hydrogen-bond donors (Lipinski definition) is 2. The smallest absolute Gasteiger partial charge is 0.251 e. The number of rotatable bonds is 6. The Bertz CT molecular complexity index is 1240. The van der Waals surface area contributed by atoms with E-state index in [1.54, 1.807) is 48.5 Å². The lowest BCUT2D eigenvalue weighted by molar-refractivity contribution is -0.123. The molecule has 1 atom stereocenters. The zero-order valence-electron chi connectivity index (χ0n) is 18.2. The Morgan fingerprint density at radius 3 is 2.35 bits per heavy atom. The maximum Gasteiger partial charge on any atom is 0.251 e. The Hall–Kier alpha value is -4.46. The van der Waals surface area contributed by atoms with Crippen molar-refractivity contribution in [2.75, 3.05) is 25.3 Å². The van der Waals surface area contributed by atoms with Gasteiger partial charge >= 0.3 is 0 Å². The van der Waals surface area contributed by atoms with Gasteiger partial charge in [-0.25, -0.2) is 0 Å². The molecule has 0 fully saturated rings. The van der Waals surface area contributed by atoms with Crippen LogP contribution >= 0.6 is 0 Å². The van der Waals surface area contributed by atoms with Crippen molar-refractivity contribution in [3.8, 4) is 23.0 Å². The third kappa shape index (κ3) is 4.80. The van der Waals surface area contributed by atoms with Crippen molar-refractivity contribution in [1.29, 1.82) is 0 Å². The van der Waals surface area contributed by atoms with Crippen molar-refractivity contribution in [1.82, 2.24) is 5.32 Å². The predicted molar refractivity (Wildman–Crippen MR) is 125 cm³/mol. The average molecular weight is 458 g/mol. The van der Waals surface area contributed by atoms with Gasteiger partial charge in [0.05, 0.1) is 0 Å². The van der Waals surface area contributed by atoms with Crippen molar-refractivity contribution in [3.05, 3.63) is 83.9 Å². The first-order chi connectivity index (χ1) is 16.7. The summed E-state index contributed by atoms with van der Waals surface area (Å²) in [5.74, 6) is 1.70. The van der Waals surface area contributed by atoms with Gasteiger partial charge in [0.2, 0.25) is 12.7 Å². The maximum atomic E-state index is 13.2. The summed E-state index contributed by atoms with van der Waals surface area (Å²) in [6.45, 7) is 1.11. The van der Waals surface area contributed by atoms with Crippen molar-refractivity contribution >= 4 is 23.6 Å². The monoisotopic (exact) mass is 458 g/mol. The molecule has 0 saturated heterocycles. The van der Waals surface area contributed by atoms with E-state index in [2.05, 4.69) is 10.6 Å². The summed E-state index contributed by atoms with van der Waals surface area (Å²) in [5, 5.41) is 5.64. The SMILES string of the molecule is O=C(/C=C\c1ccc2c(c1)OCO2)N[C@@H](C(=O)Nc1ccc2c(c1)OCCO2)c1ccccc1. The molecule has 2 aliphatic rings. The number of ether oxygens (including phenoxy) is 4. The third-order valence-electron chi connectivity index (χ3n) is 5.32. The third-order valence-corrected chi connectivity index (χ3v) is 5.32. The number of carbonyl (C=O) groups is 2. The van der Waals surface area contributed by atoms with E-state index in [0.29, 0.717) is 47.5 Å². The second-order valence-electron chi connectivity index (χ2n) is 7.65. The van der Waals surface area contributed by atoms with Gasteiger partial charge in [-0.15, -0.1) is 0 Å². The van der Waals surface area contributed by atoms with Crippen LogP contribution in [0.3, 0.4) is 0 Å². The molecule has 0 aromatic heterocycles. The first-order valence-corrected chi connectivity index (χ1v) is 10.8. The number of nitrogens with one attached hydrogen (secondary N) is 2. The summed E-state index contributed by atoms with van der Waals surface area (Å²) in [4.78, 5) is 25.9. The molecule has 3 aromatic rings. The van der Waals surface area contributed by atoms with E-state index >= 15 is 0 Å². The Balaban J connectivity index is 1.31. The van der Waals surface area contributed by atoms with Gasteiger partial charge in [-0.05, 0) is 41.5 Å². The number of benzene rings is 3. The van der Waals surface area contributed by atoms with Crippen LogP contribution in [0.15, 0.2) is 72.8 Å². The lowest BCUT2D eigenvalue weighted by atomic mass is 10.1. The zero-order chi connectivity index (χ0) is 23.3. The number of carbonyl (C=O) groups excluding carboxylic acids is 2. The number of fused-ring (bicyclic) bond motifs is 2. The molecule has 5 rings (SSSR count). The van der Waals surface area contributed by atoms with Gasteiger partial charge < -0.3 is 29.6 Å². The lowest BCUT2D eigenvalue weighted by Gasteiger charge is -2.21. The van der Waals surface area contributed by atoms with E-state index in [4.69, 9.17) is 18.9 Å². The number of amides is 2. The van der Waals surface area contributed by atoms with E-state index in [0.717, 1.165) is 5.56 Å². The summed E-state index contributed by atoms with van der Waals surface area (Å²) in [6, 6.07) is 18.7. The van der Waals surface area contributed by atoms with Gasteiger partial charge in [0, 0.05) is 17.8 Å². The minimum absolute atomic E-state index is 0.181. The van der Waals surface area contributed by atoms with Gasteiger partial charge in [0.25, 0.3) is 5.91 Å². The van der Waals surface area contributed by atoms with Gasteiger partial charge in [-0.3, -0.25) is 9.59 Å². The van der Waals surface area contributed by atoms with E-state index in [1.807, 2.05) is 24.3 Å². The van der Waals surface area contributed by atoms with E-state index < -0.39 is 11.9 Å². The molecule has 0 bridgehead atoms. The largest absolute Gasteiger partial charge is 0.486 e. The minimum Gasteiger partial charge on any atom is -0.486 e. The number of anilines is 1. The van der Waals surface area contributed by atoms with Crippen LogP contribution in [-0.2, 0) is 9.59 Å². The number of hydrogen-bond acceptors (Lipinski definition) is 6. The van der Waals surface area contributed by atoms with Crippen LogP contribution in [0.2, 0.25) is 0 Å². The minimum atomic E-state index is -0.900. The van der Waals surface area contributed by atoms with Crippen LogP contribution < -0.4 is 29.6 Å². The first-order valence-electron chi connectivity index (χ1n) is 10.8. The van der Waals surface area contributed by atoms with Crippen LogP contribution in [-0.4, -0.2) is 31.8 Å². The standard InChI is InChI=1S/C26H22N2O6/c29-24(11-7-17-6-9-21-22(14-17)34-16-33-21)28-25(18-4-2-1-3-5-18)26(30)27-19-8-10-20-23(15-19)32-13-12-31-20/h1-11,14-15,25H,12-13,16H2,(H,27,30)(H,28,29)/b11-7-/t25-/m1/s1. The highest BCUT2D eigenvalue weighted by Gasteiger charge is 2.23. The summed E-state index contributed by atoms with van der Waals surface area (Å²) >= 11 is 0. The van der Waals surface area contributed by atoms with E-state index in [1.165, 1.54) is 6.08 Å². The van der Waals surface area contributed by atoms with E-state index in [-0.39, 0.29) is 12.7 Å².